The van der Waals surface area contributed by atoms with E-state index in [0.717, 1.165) is 88.0 Å². The maximum atomic E-state index is 12.0. The van der Waals surface area contributed by atoms with Gasteiger partial charge >= 0.3 is 17.9 Å². The second-order valence-corrected chi connectivity index (χ2v) is 15.9. The van der Waals surface area contributed by atoms with Gasteiger partial charge in [0.2, 0.25) is 0 Å². The molecule has 2 saturated heterocycles. The number of hydrogen-bond acceptors (Lipinski definition) is 16. The van der Waals surface area contributed by atoms with Gasteiger partial charge in [-0.2, -0.15) is 0 Å². The number of allylic oxidation sites excluding steroid dienone is 4. The number of nitrogens with zero attached hydrogens (tertiary/aromatic N) is 2. The van der Waals surface area contributed by atoms with Crippen LogP contribution in [0.4, 0.5) is 0 Å². The largest absolute Gasteiger partial charge is 0.507 e. The number of phenolic OH excluding ortho intramolecular Hbond substituents is 2. The van der Waals surface area contributed by atoms with Gasteiger partial charge in [-0.3, -0.25) is 14.6 Å². The van der Waals surface area contributed by atoms with Crippen LogP contribution in [0.1, 0.15) is 108 Å². The van der Waals surface area contributed by atoms with Gasteiger partial charge in [-0.15, -0.1) is 0 Å². The lowest BCUT2D eigenvalue weighted by atomic mass is 9.94. The van der Waals surface area contributed by atoms with Crippen molar-refractivity contribution in [1.82, 2.24) is 9.80 Å². The molecule has 0 unspecified atom stereocenters. The Kier molecular flexibility index (Phi) is 22.3. The molecule has 64 heavy (non-hydrogen) atoms. The van der Waals surface area contributed by atoms with E-state index in [-0.39, 0.29) is 61.6 Å². The van der Waals surface area contributed by atoms with Gasteiger partial charge in [-0.05, 0) is 71.4 Å². The predicted octanol–water partition coefficient (Wildman–Crippen LogP) is 5.71. The lowest BCUT2D eigenvalue weighted by Crippen LogP contribution is -2.38. The minimum Gasteiger partial charge on any atom is -0.507 e. The van der Waals surface area contributed by atoms with Crippen molar-refractivity contribution < 1.29 is 67.7 Å². The summed E-state index contributed by atoms with van der Waals surface area (Å²) in [6, 6.07) is 0. The van der Waals surface area contributed by atoms with Gasteiger partial charge < -0.3 is 53.3 Å². The molecule has 2 fully saturated rings. The molecule has 0 atom stereocenters. The number of aliphatic hydroxyl groups excluding tert-OH is 1. The molecule has 2 aromatic carbocycles. The number of aliphatic hydroxyl groups is 1. The van der Waals surface area contributed by atoms with Crippen LogP contribution < -0.4 is 9.47 Å². The van der Waals surface area contributed by atoms with Crippen LogP contribution in [0.25, 0.3) is 0 Å². The Morgan fingerprint density at radius 2 is 1.09 bits per heavy atom. The Hall–Kier alpha value is -5.00. The van der Waals surface area contributed by atoms with Crippen LogP contribution >= 0.6 is 0 Å². The van der Waals surface area contributed by atoms with Crippen molar-refractivity contribution in [1.29, 1.82) is 0 Å². The molecule has 4 aliphatic heterocycles. The number of methoxy groups -OCH3 is 2. The molecule has 0 aromatic heterocycles. The topological polar surface area (TPSA) is 200 Å². The second-order valence-electron chi connectivity index (χ2n) is 15.9. The normalized spacial score (nSPS) is 16.2. The van der Waals surface area contributed by atoms with Crippen molar-refractivity contribution in [2.45, 2.75) is 93.8 Å². The Labute approximate surface area is 378 Å². The quantitative estimate of drug-likeness (QED) is 0.0990. The molecule has 0 radical (unpaired) electrons. The number of ether oxygens (including phenoxy) is 7. The highest BCUT2D eigenvalue weighted by molar-refractivity contribution is 5.98. The Bertz CT molecular complexity index is 1980. The van der Waals surface area contributed by atoms with Gasteiger partial charge in [0.15, 0.2) is 0 Å². The molecule has 16 nitrogen and oxygen atoms in total. The number of carbonyl (C=O) groups is 4. The van der Waals surface area contributed by atoms with Gasteiger partial charge in [-0.1, -0.05) is 30.7 Å². The first-order valence-electron chi connectivity index (χ1n) is 21.6. The van der Waals surface area contributed by atoms with E-state index < -0.39 is 11.9 Å². The number of fused-ring (bicyclic) bond motifs is 2. The van der Waals surface area contributed by atoms with E-state index in [9.17, 15) is 29.4 Å². The summed E-state index contributed by atoms with van der Waals surface area (Å²) in [5.41, 5.74) is 6.61. The number of Topliss-reactive ketones (excluding diaryl/α,β-unsaturated/α-hetero) is 1. The number of benzene rings is 2. The minimum atomic E-state index is -0.514. The van der Waals surface area contributed by atoms with E-state index in [1.54, 1.807) is 21.1 Å². The van der Waals surface area contributed by atoms with Crippen molar-refractivity contribution in [3.8, 4) is 23.0 Å². The third kappa shape index (κ3) is 14.8. The number of ketones is 1. The first-order chi connectivity index (χ1) is 30.2. The fourth-order valence-corrected chi connectivity index (χ4v) is 7.64. The van der Waals surface area contributed by atoms with Crippen molar-refractivity contribution in [3.63, 3.8) is 0 Å². The molecule has 356 valence electrons. The molecule has 6 rings (SSSR count). The van der Waals surface area contributed by atoms with E-state index in [1.165, 1.54) is 0 Å². The molecule has 0 aliphatic carbocycles. The van der Waals surface area contributed by atoms with Crippen LogP contribution in [-0.4, -0.2) is 142 Å². The van der Waals surface area contributed by atoms with Crippen LogP contribution in [0, 0.1) is 13.8 Å². The molecule has 16 heteroatoms. The maximum absolute atomic E-state index is 12.0. The lowest BCUT2D eigenvalue weighted by molar-refractivity contribution is -0.144. The maximum Gasteiger partial charge on any atom is 0.342 e. The molecule has 0 bridgehead atoms. The Morgan fingerprint density at radius 1 is 0.672 bits per heavy atom. The van der Waals surface area contributed by atoms with Crippen LogP contribution in [-0.2, 0) is 59.3 Å². The molecule has 0 spiro atoms. The van der Waals surface area contributed by atoms with Crippen LogP contribution in [0.2, 0.25) is 0 Å². The number of aromatic hydroxyl groups is 2. The van der Waals surface area contributed by atoms with Crippen molar-refractivity contribution in [3.05, 3.63) is 67.8 Å². The van der Waals surface area contributed by atoms with Crippen LogP contribution in [0.5, 0.6) is 23.0 Å². The summed E-state index contributed by atoms with van der Waals surface area (Å²) >= 11 is 0. The molecular weight excluding hydrogens is 829 g/mol. The number of rotatable bonds is 17. The minimum absolute atomic E-state index is 0. The molecule has 0 saturated carbocycles. The molecule has 4 heterocycles. The molecule has 2 aromatic rings. The zero-order valence-corrected chi connectivity index (χ0v) is 38.0. The van der Waals surface area contributed by atoms with Gasteiger partial charge in [0, 0.05) is 74.4 Å². The van der Waals surface area contributed by atoms with Gasteiger partial charge in [0.1, 0.15) is 59.7 Å². The average Bonchev–Trinajstić information content (AvgIpc) is 3.87. The lowest BCUT2D eigenvalue weighted by Gasteiger charge is -2.26. The Balaban J connectivity index is 0.000000289. The average molecular weight is 899 g/mol. The van der Waals surface area contributed by atoms with Crippen molar-refractivity contribution in [2.24, 2.45) is 0 Å². The summed E-state index contributed by atoms with van der Waals surface area (Å²) in [7, 11) is 3.08. The smallest absolute Gasteiger partial charge is 0.342 e. The summed E-state index contributed by atoms with van der Waals surface area (Å²) < 4.78 is 36.8. The zero-order valence-electron chi connectivity index (χ0n) is 38.0. The number of hydrogen-bond donors (Lipinski definition) is 3. The highest BCUT2D eigenvalue weighted by Crippen LogP contribution is 2.43. The van der Waals surface area contributed by atoms with Gasteiger partial charge in [-0.25, -0.2) is 9.59 Å². The monoisotopic (exact) mass is 898 g/mol. The number of esters is 3. The van der Waals surface area contributed by atoms with E-state index in [4.69, 9.17) is 38.3 Å². The third-order valence-corrected chi connectivity index (χ3v) is 11.5. The van der Waals surface area contributed by atoms with Crippen LogP contribution in [0.15, 0.2) is 23.3 Å². The SMILES string of the molecule is C.COc1c(C)c2c(c(O)c1C/C=C(\C)CCC(=O)OCCN1CCOCC1)C(=O)OC2.COc1c(C)c2c(c(O)c1C/C=C(\C)CCC(C)=O)C(=O)OC2.OCCN1CCOCC1. The zero-order chi connectivity index (χ0) is 46.1. The summed E-state index contributed by atoms with van der Waals surface area (Å²) in [5.74, 6) is -0.114. The van der Waals surface area contributed by atoms with E-state index in [0.29, 0.717) is 78.9 Å². The van der Waals surface area contributed by atoms with Crippen molar-refractivity contribution >= 4 is 23.7 Å². The van der Waals surface area contributed by atoms with E-state index >= 15 is 0 Å². The number of cyclic esters (lactones) is 2. The van der Waals surface area contributed by atoms with Crippen molar-refractivity contribution in [2.75, 3.05) is 93.1 Å². The summed E-state index contributed by atoms with van der Waals surface area (Å²) in [6.07, 6.45) is 6.74. The molecule has 3 N–H and O–H groups in total. The number of phenols is 2. The summed E-state index contributed by atoms with van der Waals surface area (Å²) in [5, 5.41) is 29.7. The fraction of sp³-hybridized carbons (Fsp3) is 0.583. The summed E-state index contributed by atoms with van der Waals surface area (Å²) in [6.45, 7) is 18.4. The first kappa shape index (κ1) is 53.3. The first-order valence-corrected chi connectivity index (χ1v) is 21.6. The van der Waals surface area contributed by atoms with E-state index in [1.807, 2.05) is 39.8 Å². The molecular formula is C48H70N2O14. The number of β-amino-alcohol motifs (C(OH)–C–C–N with tert-alkyl or cyclic N) is 1. The molecule has 0 amide bonds. The van der Waals surface area contributed by atoms with Gasteiger partial charge in [0.05, 0.1) is 47.3 Å². The fourth-order valence-electron chi connectivity index (χ4n) is 7.64. The highest BCUT2D eigenvalue weighted by atomic mass is 16.5. The summed E-state index contributed by atoms with van der Waals surface area (Å²) in [4.78, 5) is 51.3. The predicted molar refractivity (Wildman–Crippen MR) is 240 cm³/mol. The number of carbonyl (C=O) groups excluding carboxylic acids is 4. The standard InChI is InChI=1S/C23H31NO7.C18H22O5.C6H13NO2.CH4/c1-15(5-7-19(25)30-13-10-24-8-11-29-12-9-24)4-6-17-21(26)20-18(14-31-23(20)27)16(2)22(17)28-3;1-10(5-7-11(2)19)6-8-13-16(20)15-14(9-23-18(15)21)12(3)17(13)22-4;8-4-1-7-2-5-9-6-3-7;/h4,26H,5-14H2,1-3H3;6,20H,5,7-9H2,1-4H3;8H,1-6H2;1H4/b15-4+;10-6+;;. The van der Waals surface area contributed by atoms with E-state index in [2.05, 4.69) is 9.80 Å². The highest BCUT2D eigenvalue weighted by Gasteiger charge is 2.33. The third-order valence-electron chi connectivity index (χ3n) is 11.5. The number of morpholine rings is 2. The Morgan fingerprint density at radius 3 is 1.50 bits per heavy atom. The molecule has 4 aliphatic rings. The second kappa shape index (κ2) is 26.7. The van der Waals surface area contributed by atoms with Crippen LogP contribution in [0.3, 0.4) is 0 Å². The van der Waals surface area contributed by atoms with Gasteiger partial charge in [0.25, 0.3) is 0 Å².